The Hall–Kier alpha value is -3.56. The molecule has 3 aromatic rings. The van der Waals surface area contributed by atoms with Gasteiger partial charge in [-0.05, 0) is 37.3 Å². The second-order valence-corrected chi connectivity index (χ2v) is 7.55. The van der Waals surface area contributed by atoms with E-state index in [4.69, 9.17) is 30.5 Å². The predicted molar refractivity (Wildman–Crippen MR) is 122 cm³/mol. The fourth-order valence-corrected chi connectivity index (χ4v) is 3.18. The Bertz CT molecular complexity index is 1150. The van der Waals surface area contributed by atoms with E-state index < -0.39 is 11.9 Å². The number of rotatable bonds is 9. The Morgan fingerprint density at radius 1 is 1.09 bits per heavy atom. The summed E-state index contributed by atoms with van der Waals surface area (Å²) in [5, 5.41) is 7.09. The number of anilines is 1. The first-order chi connectivity index (χ1) is 15.8. The number of amides is 1. The molecule has 10 heteroatoms. The normalized spacial score (nSPS) is 11.5. The molecule has 174 valence electrons. The van der Waals surface area contributed by atoms with E-state index in [9.17, 15) is 9.59 Å². The Labute approximate surface area is 196 Å². The fourth-order valence-electron chi connectivity index (χ4n) is 2.96. The highest BCUT2D eigenvalue weighted by Gasteiger charge is 2.16. The number of nitrogens with zero attached hydrogens (tertiary/aromatic N) is 2. The lowest BCUT2D eigenvalue weighted by Gasteiger charge is -2.16. The number of carbonyl (C=O) groups excluding carboxylic acids is 2. The number of methoxy groups -OCH3 is 2. The van der Waals surface area contributed by atoms with Gasteiger partial charge in [0.05, 0.1) is 24.3 Å². The molecule has 0 aliphatic heterocycles. The number of hydrogen-bond acceptors (Lipinski definition) is 7. The van der Waals surface area contributed by atoms with Gasteiger partial charge in [-0.2, -0.15) is 5.10 Å². The van der Waals surface area contributed by atoms with Gasteiger partial charge in [0.1, 0.15) is 23.4 Å². The molecular weight excluding hydrogens is 450 g/mol. The minimum atomic E-state index is -0.514. The highest BCUT2D eigenvalue weighted by atomic mass is 35.5. The molecule has 1 amide bonds. The van der Waals surface area contributed by atoms with Gasteiger partial charge in [0, 0.05) is 38.1 Å². The lowest BCUT2D eigenvalue weighted by atomic mass is 10.1. The largest absolute Gasteiger partial charge is 0.488 e. The third-order valence-corrected chi connectivity index (χ3v) is 4.71. The van der Waals surface area contributed by atoms with Crippen molar-refractivity contribution in [1.29, 1.82) is 0 Å². The number of benzene rings is 2. The Morgan fingerprint density at radius 3 is 2.48 bits per heavy atom. The van der Waals surface area contributed by atoms with Crippen molar-refractivity contribution < 1.29 is 28.5 Å². The molecule has 0 fully saturated rings. The molecule has 1 atom stereocenters. The first-order valence-electron chi connectivity index (χ1n) is 9.96. The molecule has 0 bridgehead atoms. The summed E-state index contributed by atoms with van der Waals surface area (Å²) < 4.78 is 23.2. The van der Waals surface area contributed by atoms with E-state index >= 15 is 0 Å². The van der Waals surface area contributed by atoms with E-state index in [1.165, 1.54) is 19.2 Å². The smallest absolute Gasteiger partial charge is 0.337 e. The number of aromatic nitrogens is 2. The second kappa shape index (κ2) is 10.8. The van der Waals surface area contributed by atoms with Gasteiger partial charge >= 0.3 is 5.97 Å². The zero-order valence-corrected chi connectivity index (χ0v) is 19.4. The summed E-state index contributed by atoms with van der Waals surface area (Å²) in [7, 11) is 4.61. The van der Waals surface area contributed by atoms with Gasteiger partial charge in [-0.15, -0.1) is 0 Å². The fraction of sp³-hybridized carbons (Fsp3) is 0.261. The van der Waals surface area contributed by atoms with Crippen molar-refractivity contribution >= 4 is 29.3 Å². The quantitative estimate of drug-likeness (QED) is 0.462. The molecule has 9 nitrogen and oxygen atoms in total. The van der Waals surface area contributed by atoms with Gasteiger partial charge in [-0.25, -0.2) is 4.79 Å². The van der Waals surface area contributed by atoms with Crippen LogP contribution in [0.3, 0.4) is 0 Å². The van der Waals surface area contributed by atoms with Crippen LogP contribution in [0.4, 0.5) is 5.82 Å². The number of aryl methyl sites for hydroxylation is 1. The molecule has 33 heavy (non-hydrogen) atoms. The maximum atomic E-state index is 12.8. The molecule has 0 aliphatic carbocycles. The summed E-state index contributed by atoms with van der Waals surface area (Å²) in [5.74, 6) is 0.518. The van der Waals surface area contributed by atoms with Crippen LogP contribution in [-0.2, 0) is 16.5 Å². The van der Waals surface area contributed by atoms with E-state index in [0.29, 0.717) is 35.2 Å². The summed E-state index contributed by atoms with van der Waals surface area (Å²) in [6.07, 6.45) is 1.45. The van der Waals surface area contributed by atoms with Crippen LogP contribution in [0.5, 0.6) is 17.2 Å². The number of carbonyl (C=O) groups is 2. The molecule has 2 aromatic carbocycles. The number of esters is 1. The molecule has 3 rings (SSSR count). The zero-order chi connectivity index (χ0) is 24.0. The van der Waals surface area contributed by atoms with Crippen molar-refractivity contribution in [1.82, 2.24) is 9.78 Å². The molecule has 0 saturated carbocycles. The first-order valence-corrected chi connectivity index (χ1v) is 10.3. The average molecular weight is 474 g/mol. The van der Waals surface area contributed by atoms with Crippen LogP contribution in [0.2, 0.25) is 5.02 Å². The second-order valence-electron chi connectivity index (χ2n) is 7.14. The van der Waals surface area contributed by atoms with Crippen LogP contribution in [0, 0.1) is 0 Å². The monoisotopic (exact) mass is 473 g/mol. The number of nitrogens with one attached hydrogen (secondary N) is 1. The highest BCUT2D eigenvalue weighted by molar-refractivity contribution is 6.32. The number of ether oxygens (including phenoxy) is 4. The zero-order valence-electron chi connectivity index (χ0n) is 18.6. The van der Waals surface area contributed by atoms with E-state index in [2.05, 4.69) is 10.4 Å². The third-order valence-electron chi connectivity index (χ3n) is 4.42. The van der Waals surface area contributed by atoms with E-state index in [0.717, 1.165) is 0 Å². The SMILES string of the molecule is COC[C@H](C)Oc1cc(Oc2ccc(C(=O)OC)cc2Cl)cc(C(=O)Nc2ccn(C)n2)c1. The first kappa shape index (κ1) is 24.1. The molecule has 1 aromatic heterocycles. The van der Waals surface area contributed by atoms with Crippen molar-refractivity contribution in [3.05, 3.63) is 64.8 Å². The summed E-state index contributed by atoms with van der Waals surface area (Å²) in [6.45, 7) is 2.20. The van der Waals surface area contributed by atoms with E-state index in [-0.39, 0.29) is 16.7 Å². The Morgan fingerprint density at radius 2 is 1.85 bits per heavy atom. The van der Waals surface area contributed by atoms with Crippen LogP contribution in [-0.4, -0.2) is 48.6 Å². The number of hydrogen-bond donors (Lipinski definition) is 1. The maximum Gasteiger partial charge on any atom is 0.337 e. The molecular formula is C23H24ClN3O6. The van der Waals surface area contributed by atoms with Crippen LogP contribution in [0.25, 0.3) is 0 Å². The van der Waals surface area contributed by atoms with Crippen LogP contribution in [0.1, 0.15) is 27.6 Å². The van der Waals surface area contributed by atoms with E-state index in [1.54, 1.807) is 55.4 Å². The lowest BCUT2D eigenvalue weighted by Crippen LogP contribution is -2.18. The van der Waals surface area contributed by atoms with Crippen molar-refractivity contribution in [2.75, 3.05) is 26.1 Å². The van der Waals surface area contributed by atoms with Gasteiger partial charge in [0.15, 0.2) is 5.82 Å². The Kier molecular flexibility index (Phi) is 7.92. The molecule has 1 N–H and O–H groups in total. The summed E-state index contributed by atoms with van der Waals surface area (Å²) in [5.41, 5.74) is 0.579. The minimum Gasteiger partial charge on any atom is -0.488 e. The minimum absolute atomic E-state index is 0.205. The van der Waals surface area contributed by atoms with Crippen LogP contribution >= 0.6 is 11.6 Å². The van der Waals surface area contributed by atoms with Crippen molar-refractivity contribution in [2.45, 2.75) is 13.0 Å². The molecule has 1 heterocycles. The molecule has 0 aliphatic rings. The standard InChI is InChI=1S/C23H24ClN3O6/c1-14(13-30-3)32-17-9-16(22(28)25-21-7-8-27(2)26-21)10-18(12-17)33-20-6-5-15(11-19(20)24)23(29)31-4/h5-12,14H,13H2,1-4H3,(H,25,26,28)/t14-/m0/s1. The van der Waals surface area contributed by atoms with Gasteiger partial charge in [-0.1, -0.05) is 11.6 Å². The summed E-state index contributed by atoms with van der Waals surface area (Å²) >= 11 is 6.29. The topological polar surface area (TPSA) is 101 Å². The Balaban J connectivity index is 1.90. The van der Waals surface area contributed by atoms with Crippen molar-refractivity contribution in [2.24, 2.45) is 7.05 Å². The molecule has 0 unspecified atom stereocenters. The molecule has 0 radical (unpaired) electrons. The summed E-state index contributed by atoms with van der Waals surface area (Å²) in [4.78, 5) is 24.5. The van der Waals surface area contributed by atoms with Crippen molar-refractivity contribution in [3.8, 4) is 17.2 Å². The highest BCUT2D eigenvalue weighted by Crippen LogP contribution is 2.33. The third kappa shape index (κ3) is 6.47. The maximum absolute atomic E-state index is 12.8. The van der Waals surface area contributed by atoms with Crippen molar-refractivity contribution in [3.63, 3.8) is 0 Å². The van der Waals surface area contributed by atoms with Gasteiger partial charge in [-0.3, -0.25) is 9.48 Å². The van der Waals surface area contributed by atoms with Crippen LogP contribution < -0.4 is 14.8 Å². The van der Waals surface area contributed by atoms with Gasteiger partial charge in [0.2, 0.25) is 0 Å². The lowest BCUT2D eigenvalue weighted by molar-refractivity contribution is 0.0600. The number of halogens is 1. The molecule has 0 spiro atoms. The van der Waals surface area contributed by atoms with Crippen LogP contribution in [0.15, 0.2) is 48.7 Å². The average Bonchev–Trinajstić information content (AvgIpc) is 3.19. The summed E-state index contributed by atoms with van der Waals surface area (Å²) in [6, 6.07) is 11.0. The molecule has 0 saturated heterocycles. The van der Waals surface area contributed by atoms with Gasteiger partial charge in [0.25, 0.3) is 5.91 Å². The van der Waals surface area contributed by atoms with E-state index in [1.807, 2.05) is 6.92 Å². The predicted octanol–water partition coefficient (Wildman–Crippen LogP) is 4.32. The van der Waals surface area contributed by atoms with Gasteiger partial charge < -0.3 is 24.3 Å².